The van der Waals surface area contributed by atoms with Crippen molar-refractivity contribution in [2.45, 2.75) is 25.0 Å². The smallest absolute Gasteiger partial charge is 0.501 e. The summed E-state index contributed by atoms with van der Waals surface area (Å²) in [4.78, 5) is 65.2. The van der Waals surface area contributed by atoms with E-state index in [2.05, 4.69) is 31.0 Å². The Balaban J connectivity index is 1.27. The van der Waals surface area contributed by atoms with Crippen LogP contribution in [0.25, 0.3) is 22.7 Å². The molecular formula is C20H24N10O13P2+2. The van der Waals surface area contributed by atoms with E-state index in [-0.39, 0.29) is 35.2 Å². The first-order valence-electron chi connectivity index (χ1n) is 12.6. The fourth-order valence-electron chi connectivity index (χ4n) is 4.70. The van der Waals surface area contributed by atoms with Crippen molar-refractivity contribution in [2.24, 2.45) is 5.73 Å². The lowest BCUT2D eigenvalue weighted by atomic mass is 10.3. The van der Waals surface area contributed by atoms with Crippen LogP contribution in [0.3, 0.4) is 0 Å². The van der Waals surface area contributed by atoms with Gasteiger partial charge in [0.1, 0.15) is 18.2 Å². The molecule has 2 bridgehead atoms. The number of furan rings is 1. The van der Waals surface area contributed by atoms with Gasteiger partial charge < -0.3 is 36.2 Å². The second kappa shape index (κ2) is 10.4. The van der Waals surface area contributed by atoms with Gasteiger partial charge in [-0.3, -0.25) is 29.2 Å². The number of nitrogen functional groups attached to an aromatic ring is 1. The summed E-state index contributed by atoms with van der Waals surface area (Å²) in [6, 6.07) is 0. The third kappa shape index (κ3) is 5.07. The molecule has 1 saturated heterocycles. The van der Waals surface area contributed by atoms with Crippen LogP contribution < -0.4 is 37.6 Å². The van der Waals surface area contributed by atoms with Gasteiger partial charge in [-0.1, -0.05) is 0 Å². The summed E-state index contributed by atoms with van der Waals surface area (Å²) in [6.45, 7) is -0.647. The Labute approximate surface area is 249 Å². The number of hydrazine groups is 1. The van der Waals surface area contributed by atoms with Crippen molar-refractivity contribution in [1.82, 2.24) is 40.6 Å². The minimum Gasteiger partial charge on any atom is -0.501 e. The van der Waals surface area contributed by atoms with Gasteiger partial charge >= 0.3 is 16.3 Å². The third-order valence-electron chi connectivity index (χ3n) is 6.68. The largest absolute Gasteiger partial charge is 0.663 e. The molecule has 0 aromatic carbocycles. The normalized spacial score (nSPS) is 26.8. The van der Waals surface area contributed by atoms with E-state index >= 15 is 0 Å². The molecule has 3 atom stereocenters. The number of aromatic amines is 1. The van der Waals surface area contributed by atoms with E-state index in [0.29, 0.717) is 6.26 Å². The van der Waals surface area contributed by atoms with Gasteiger partial charge in [-0.05, 0) is 0 Å². The van der Waals surface area contributed by atoms with Crippen LogP contribution in [0, 0.1) is 0 Å². The Hall–Kier alpha value is -4.25. The number of rotatable bonds is 2. The lowest BCUT2D eigenvalue weighted by Crippen LogP contribution is -2.67. The number of hydrogen-bond acceptors (Lipinski definition) is 21. The Morgan fingerprint density at radius 1 is 1.16 bits per heavy atom. The van der Waals surface area contributed by atoms with Crippen LogP contribution in [0.5, 0.6) is 11.5 Å². The molecule has 23 nitrogen and oxygen atoms in total. The van der Waals surface area contributed by atoms with Crippen molar-refractivity contribution in [3.05, 3.63) is 52.2 Å². The molecule has 25 heteroatoms. The van der Waals surface area contributed by atoms with Crippen LogP contribution in [0.2, 0.25) is 0 Å². The van der Waals surface area contributed by atoms with Gasteiger partial charge in [0.2, 0.25) is 11.7 Å². The minimum absolute atomic E-state index is 0.181. The third-order valence-corrected chi connectivity index (χ3v) is 8.38. The molecule has 0 spiro atoms. The van der Waals surface area contributed by atoms with E-state index in [1.807, 2.05) is 0 Å². The summed E-state index contributed by atoms with van der Waals surface area (Å²) in [6.07, 6.45) is 0.0212. The number of aromatic hydroxyl groups is 1. The van der Waals surface area contributed by atoms with Crippen molar-refractivity contribution in [1.29, 1.82) is 0 Å². The highest BCUT2D eigenvalue weighted by atomic mass is 31.2. The molecule has 3 aromatic rings. The van der Waals surface area contributed by atoms with Crippen molar-refractivity contribution < 1.29 is 57.0 Å². The summed E-state index contributed by atoms with van der Waals surface area (Å²) < 4.78 is 32.9. The van der Waals surface area contributed by atoms with Crippen molar-refractivity contribution in [2.75, 3.05) is 12.4 Å². The van der Waals surface area contributed by atoms with Crippen LogP contribution in [0.1, 0.15) is 11.5 Å². The van der Waals surface area contributed by atoms with E-state index in [0.717, 1.165) is 10.9 Å². The molecule has 14 N–H and O–H groups in total. The molecule has 45 heavy (non-hydrogen) atoms. The minimum atomic E-state index is -4.96. The highest BCUT2D eigenvalue weighted by Gasteiger charge is 2.53. The molecule has 0 saturated carbocycles. The maximum atomic E-state index is 12.3. The fourth-order valence-corrected chi connectivity index (χ4v) is 6.18. The second-order valence-electron chi connectivity index (χ2n) is 9.58. The number of anilines is 1. The summed E-state index contributed by atoms with van der Waals surface area (Å²) in [5.41, 5.74) is 13.8. The molecule has 4 aliphatic heterocycles. The first kappa shape index (κ1) is 29.5. The molecule has 7 heterocycles. The average molecular weight is 674 g/mol. The number of imidazole rings is 1. The average Bonchev–Trinajstić information content (AvgIpc) is 3.72. The quantitative estimate of drug-likeness (QED) is 0.122. The van der Waals surface area contributed by atoms with Gasteiger partial charge in [0.05, 0.1) is 12.8 Å². The van der Waals surface area contributed by atoms with Crippen LogP contribution in [-0.4, -0.2) is 79.4 Å². The van der Waals surface area contributed by atoms with Gasteiger partial charge in [0.15, 0.2) is 47.4 Å². The number of nitrogens with zero attached hydrogens (tertiary/aromatic N) is 4. The monoisotopic (exact) mass is 674 g/mol. The SMILES string of the molecule is Nc1nc2c(ncn2C2=C3O[P+](O)(O)OCc4oc(C5=CNC6C(N)NCNN56)c(O)c4O[P+](O)(O)O/C=C(/O2)[C@H]3O)c(=O)[nH]1. The highest BCUT2D eigenvalue weighted by molar-refractivity contribution is 7.55. The number of nitrogens with two attached hydrogens (primary N) is 2. The molecular weight excluding hydrogens is 650 g/mol. The molecule has 240 valence electrons. The molecule has 2 unspecified atom stereocenters. The summed E-state index contributed by atoms with van der Waals surface area (Å²) in [5, 5.41) is 29.5. The number of ether oxygens (including phenoxy) is 1. The molecule has 0 aliphatic carbocycles. The number of nitrogens with one attached hydrogen (secondary N) is 4. The summed E-state index contributed by atoms with van der Waals surface area (Å²) in [5.74, 6) is -4.22. The van der Waals surface area contributed by atoms with Crippen molar-refractivity contribution >= 4 is 45.0 Å². The van der Waals surface area contributed by atoms with Crippen molar-refractivity contribution in [3.63, 3.8) is 0 Å². The number of hydrogen-bond donors (Lipinski definition) is 12. The molecule has 4 aliphatic rings. The molecule has 0 radical (unpaired) electrons. The zero-order chi connectivity index (χ0) is 31.8. The maximum Gasteiger partial charge on any atom is 0.663 e. The zero-order valence-electron chi connectivity index (χ0n) is 22.3. The molecule has 1 fully saturated rings. The summed E-state index contributed by atoms with van der Waals surface area (Å²) in [7, 11) is -9.90. The topological polar surface area (TPSA) is 336 Å². The standard InChI is InChI=1S/C20H22N10O13P2/c21-15-17-23-1-6(30(17)26-4-24-15)12-11(32)13-8(40-12)3-39-45(36,37)43-14-10(31)7(2-38-44(34,35)42-13)41-19(14)29-5-25-9-16(29)27-20(22)28-18(9)33/h1-2,5,10,15,17,23-24,26,31,34-37H,3-4,21H2,(H2-2,22,27,28,32,33)/p+2/b7-2+/t10-,15?,17?/m1/s1. The zero-order valence-corrected chi connectivity index (χ0v) is 24.0. The lowest BCUT2D eigenvalue weighted by molar-refractivity contribution is 0.101. The Morgan fingerprint density at radius 2 is 1.96 bits per heavy atom. The van der Waals surface area contributed by atoms with Crippen LogP contribution in [-0.2, 0) is 24.9 Å². The highest BCUT2D eigenvalue weighted by Crippen LogP contribution is 2.61. The first-order chi connectivity index (χ1) is 21.3. The predicted molar refractivity (Wildman–Crippen MR) is 147 cm³/mol. The number of H-pyrrole nitrogens is 1. The first-order valence-corrected chi connectivity index (χ1v) is 15.7. The Morgan fingerprint density at radius 3 is 2.76 bits per heavy atom. The summed E-state index contributed by atoms with van der Waals surface area (Å²) >= 11 is 0. The fraction of sp³-hybridized carbons (Fsp3) is 0.250. The Kier molecular flexibility index (Phi) is 6.81. The van der Waals surface area contributed by atoms with E-state index in [4.69, 9.17) is 38.7 Å². The molecule has 0 amide bonds. The van der Waals surface area contributed by atoms with Crippen LogP contribution >= 0.6 is 16.3 Å². The van der Waals surface area contributed by atoms with E-state index in [1.54, 1.807) is 0 Å². The van der Waals surface area contributed by atoms with Crippen LogP contribution in [0.15, 0.2) is 39.5 Å². The van der Waals surface area contributed by atoms with E-state index in [9.17, 15) is 34.6 Å². The molecule has 3 aromatic heterocycles. The van der Waals surface area contributed by atoms with E-state index < -0.39 is 81.6 Å². The second-order valence-corrected chi connectivity index (χ2v) is 12.4. The predicted octanol–water partition coefficient (Wildman–Crippen LogP) is -2.79. The van der Waals surface area contributed by atoms with Crippen molar-refractivity contribution in [3.8, 4) is 11.5 Å². The number of aromatic nitrogens is 4. The maximum absolute atomic E-state index is 12.3. The van der Waals surface area contributed by atoms with Gasteiger partial charge in [-0.25, -0.2) is 19.5 Å². The van der Waals surface area contributed by atoms with Gasteiger partial charge in [-0.2, -0.15) is 24.6 Å². The number of aliphatic hydroxyl groups excluding tert-OH is 1. The number of aliphatic hydroxyl groups is 1. The lowest BCUT2D eigenvalue weighted by Gasteiger charge is -2.37. The number of fused-ring (bicyclic) bond motifs is 5. The van der Waals surface area contributed by atoms with Gasteiger partial charge in [-0.15, -0.1) is 4.52 Å². The van der Waals surface area contributed by atoms with Gasteiger partial charge in [0, 0.05) is 6.20 Å². The van der Waals surface area contributed by atoms with Gasteiger partial charge in [0.25, 0.3) is 23.0 Å². The Bertz CT molecular complexity index is 1850. The van der Waals surface area contributed by atoms with E-state index in [1.165, 1.54) is 11.2 Å². The van der Waals surface area contributed by atoms with Crippen LogP contribution in [0.4, 0.5) is 5.95 Å². The molecule has 7 rings (SSSR count).